The number of alkyl halides is 3. The second-order valence-electron chi connectivity index (χ2n) is 5.48. The van der Waals surface area contributed by atoms with Gasteiger partial charge in [0.05, 0.1) is 5.56 Å². The van der Waals surface area contributed by atoms with E-state index in [4.69, 9.17) is 4.74 Å². The van der Waals surface area contributed by atoms with Crippen molar-refractivity contribution in [3.8, 4) is 0 Å². The van der Waals surface area contributed by atoms with E-state index < -0.39 is 34.8 Å². The zero-order valence-corrected chi connectivity index (χ0v) is 12.4. The minimum atomic E-state index is -4.65. The van der Waals surface area contributed by atoms with Crippen molar-refractivity contribution in [3.05, 3.63) is 41.2 Å². The van der Waals surface area contributed by atoms with Crippen LogP contribution < -0.4 is 5.32 Å². The van der Waals surface area contributed by atoms with Gasteiger partial charge in [-0.15, -0.1) is 0 Å². The van der Waals surface area contributed by atoms with Gasteiger partial charge < -0.3 is 10.1 Å². The van der Waals surface area contributed by atoms with Crippen LogP contribution in [0.2, 0.25) is 0 Å². The van der Waals surface area contributed by atoms with Crippen LogP contribution in [0.1, 0.15) is 31.9 Å². The molecular formula is C15H17F4NO2. The minimum Gasteiger partial charge on any atom is -0.444 e. The summed E-state index contributed by atoms with van der Waals surface area (Å²) < 4.78 is 56.8. The molecule has 1 N–H and O–H groups in total. The second kappa shape index (κ2) is 6.81. The van der Waals surface area contributed by atoms with Crippen molar-refractivity contribution in [2.45, 2.75) is 32.5 Å². The third-order valence-electron chi connectivity index (χ3n) is 2.41. The van der Waals surface area contributed by atoms with E-state index in [1.807, 2.05) is 0 Å². The number of hydrogen-bond donors (Lipinski definition) is 1. The third-order valence-corrected chi connectivity index (χ3v) is 2.41. The van der Waals surface area contributed by atoms with Crippen molar-refractivity contribution in [2.75, 3.05) is 6.54 Å². The van der Waals surface area contributed by atoms with Crippen LogP contribution in [-0.2, 0) is 10.9 Å². The predicted octanol–water partition coefficient (Wildman–Crippen LogP) is 4.38. The van der Waals surface area contributed by atoms with E-state index in [1.165, 1.54) is 6.08 Å². The normalized spacial score (nSPS) is 12.5. The number of benzene rings is 1. The lowest BCUT2D eigenvalue weighted by Gasteiger charge is -2.19. The summed E-state index contributed by atoms with van der Waals surface area (Å²) in [5.74, 6) is -0.983. The highest BCUT2D eigenvalue weighted by Gasteiger charge is 2.33. The van der Waals surface area contributed by atoms with Crippen LogP contribution >= 0.6 is 0 Å². The van der Waals surface area contributed by atoms with E-state index in [-0.39, 0.29) is 6.54 Å². The summed E-state index contributed by atoms with van der Waals surface area (Å²) in [6.07, 6.45) is -3.16. The van der Waals surface area contributed by atoms with Crippen molar-refractivity contribution in [1.82, 2.24) is 5.32 Å². The Hall–Kier alpha value is -2.05. The van der Waals surface area contributed by atoms with Gasteiger partial charge in [-0.3, -0.25) is 0 Å². The molecule has 0 radical (unpaired) electrons. The second-order valence-corrected chi connectivity index (χ2v) is 5.48. The summed E-state index contributed by atoms with van der Waals surface area (Å²) in [4.78, 5) is 11.3. The molecule has 0 unspecified atom stereocenters. The number of carbonyl (C=O) groups is 1. The summed E-state index contributed by atoms with van der Waals surface area (Å²) in [7, 11) is 0. The highest BCUT2D eigenvalue weighted by molar-refractivity contribution is 5.68. The first kappa shape index (κ1) is 18.0. The van der Waals surface area contributed by atoms with Crippen LogP contribution in [0, 0.1) is 5.82 Å². The summed E-state index contributed by atoms with van der Waals surface area (Å²) in [5.41, 5.74) is -2.31. The van der Waals surface area contributed by atoms with Crippen LogP contribution in [0.25, 0.3) is 6.08 Å². The minimum absolute atomic E-state index is 0.0828. The molecule has 1 aromatic carbocycles. The lowest BCUT2D eigenvalue weighted by atomic mass is 10.1. The number of amides is 1. The molecule has 1 amide bonds. The summed E-state index contributed by atoms with van der Waals surface area (Å²) in [5, 5.41) is 2.34. The van der Waals surface area contributed by atoms with Gasteiger partial charge in [0, 0.05) is 12.1 Å². The van der Waals surface area contributed by atoms with Crippen LogP contribution in [0.5, 0.6) is 0 Å². The molecule has 0 aliphatic heterocycles. The molecular weight excluding hydrogens is 302 g/mol. The van der Waals surface area contributed by atoms with E-state index >= 15 is 0 Å². The molecule has 7 heteroatoms. The lowest BCUT2D eigenvalue weighted by molar-refractivity contribution is -0.137. The summed E-state index contributed by atoms with van der Waals surface area (Å²) in [6.45, 7) is 4.95. The Kier molecular flexibility index (Phi) is 5.57. The van der Waals surface area contributed by atoms with E-state index in [0.29, 0.717) is 0 Å². The Balaban J connectivity index is 2.74. The van der Waals surface area contributed by atoms with Crippen LogP contribution in [0.3, 0.4) is 0 Å². The Morgan fingerprint density at radius 1 is 1.27 bits per heavy atom. The zero-order chi connectivity index (χ0) is 17.0. The Labute approximate surface area is 126 Å². The van der Waals surface area contributed by atoms with Crippen LogP contribution in [-0.4, -0.2) is 18.2 Å². The SMILES string of the molecule is CC(C)(C)OC(=O)NCC=Cc1c(F)cccc1C(F)(F)F. The molecule has 0 fully saturated rings. The molecule has 22 heavy (non-hydrogen) atoms. The monoisotopic (exact) mass is 319 g/mol. The molecule has 0 aromatic heterocycles. The van der Waals surface area contributed by atoms with Crippen molar-refractivity contribution in [1.29, 1.82) is 0 Å². The smallest absolute Gasteiger partial charge is 0.417 e. The molecule has 0 heterocycles. The fourth-order valence-electron chi connectivity index (χ4n) is 1.59. The molecule has 122 valence electrons. The molecule has 3 nitrogen and oxygen atoms in total. The average molecular weight is 319 g/mol. The number of rotatable bonds is 3. The van der Waals surface area contributed by atoms with Gasteiger partial charge in [-0.05, 0) is 32.9 Å². The summed E-state index contributed by atoms with van der Waals surface area (Å²) in [6, 6.07) is 2.73. The fraction of sp³-hybridized carbons (Fsp3) is 0.400. The first-order valence-corrected chi connectivity index (χ1v) is 6.50. The van der Waals surface area contributed by atoms with Gasteiger partial charge in [-0.1, -0.05) is 18.2 Å². The van der Waals surface area contributed by atoms with Crippen molar-refractivity contribution in [3.63, 3.8) is 0 Å². The molecule has 0 aliphatic carbocycles. The molecule has 0 aliphatic rings. The maximum Gasteiger partial charge on any atom is 0.417 e. The van der Waals surface area contributed by atoms with E-state index in [0.717, 1.165) is 24.3 Å². The number of carbonyl (C=O) groups excluding carboxylic acids is 1. The number of halogens is 4. The third kappa shape index (κ3) is 5.75. The van der Waals surface area contributed by atoms with Crippen LogP contribution in [0.15, 0.2) is 24.3 Å². The number of nitrogens with one attached hydrogen (secondary N) is 1. The molecule has 1 rings (SSSR count). The maximum absolute atomic E-state index is 13.5. The number of ether oxygens (including phenoxy) is 1. The van der Waals surface area contributed by atoms with Gasteiger partial charge >= 0.3 is 12.3 Å². The standard InChI is InChI=1S/C15H17F4NO2/c1-14(2,3)22-13(21)20-9-5-6-10-11(15(17,18)19)7-4-8-12(10)16/h4-8H,9H2,1-3H3,(H,20,21). The average Bonchev–Trinajstić information content (AvgIpc) is 2.32. The van der Waals surface area contributed by atoms with Gasteiger partial charge in [0.2, 0.25) is 0 Å². The first-order valence-electron chi connectivity index (χ1n) is 6.50. The van der Waals surface area contributed by atoms with Crippen LogP contribution in [0.4, 0.5) is 22.4 Å². The van der Waals surface area contributed by atoms with Gasteiger partial charge in [-0.25, -0.2) is 9.18 Å². The molecule has 0 spiro atoms. The quantitative estimate of drug-likeness (QED) is 0.840. The first-order chi connectivity index (χ1) is 10.0. The molecule has 0 saturated carbocycles. The van der Waals surface area contributed by atoms with Gasteiger partial charge in [0.25, 0.3) is 0 Å². The van der Waals surface area contributed by atoms with E-state index in [1.54, 1.807) is 20.8 Å². The van der Waals surface area contributed by atoms with Gasteiger partial charge in [0.15, 0.2) is 0 Å². The van der Waals surface area contributed by atoms with Crippen molar-refractivity contribution < 1.29 is 27.1 Å². The molecule has 0 atom stereocenters. The highest BCUT2D eigenvalue weighted by atomic mass is 19.4. The maximum atomic E-state index is 13.5. The van der Waals surface area contributed by atoms with Gasteiger partial charge in [0.1, 0.15) is 11.4 Å². The topological polar surface area (TPSA) is 38.3 Å². The Morgan fingerprint density at radius 2 is 1.91 bits per heavy atom. The number of alkyl carbamates (subject to hydrolysis) is 1. The molecule has 0 bridgehead atoms. The lowest BCUT2D eigenvalue weighted by Crippen LogP contribution is -2.32. The highest BCUT2D eigenvalue weighted by Crippen LogP contribution is 2.33. The molecule has 1 aromatic rings. The fourth-order valence-corrected chi connectivity index (χ4v) is 1.59. The van der Waals surface area contributed by atoms with Gasteiger partial charge in [-0.2, -0.15) is 13.2 Å². The summed E-state index contributed by atoms with van der Waals surface area (Å²) >= 11 is 0. The van der Waals surface area contributed by atoms with E-state index in [9.17, 15) is 22.4 Å². The predicted molar refractivity (Wildman–Crippen MR) is 74.7 cm³/mol. The largest absolute Gasteiger partial charge is 0.444 e. The van der Waals surface area contributed by atoms with E-state index in [2.05, 4.69) is 5.32 Å². The Bertz CT molecular complexity index is 560. The zero-order valence-electron chi connectivity index (χ0n) is 12.4. The van der Waals surface area contributed by atoms with Crippen molar-refractivity contribution >= 4 is 12.2 Å². The number of hydrogen-bond acceptors (Lipinski definition) is 2. The van der Waals surface area contributed by atoms with Crippen molar-refractivity contribution in [2.24, 2.45) is 0 Å². The molecule has 0 saturated heterocycles. The Morgan fingerprint density at radius 3 is 2.45 bits per heavy atom.